The van der Waals surface area contributed by atoms with Gasteiger partial charge in [0.1, 0.15) is 11.6 Å². The van der Waals surface area contributed by atoms with Crippen LogP contribution in [0.15, 0.2) is 29.2 Å². The zero-order valence-corrected chi connectivity index (χ0v) is 15.1. The first kappa shape index (κ1) is 16.9. The van der Waals surface area contributed by atoms with Gasteiger partial charge in [0.2, 0.25) is 16.9 Å². The van der Waals surface area contributed by atoms with Crippen LogP contribution in [0.3, 0.4) is 0 Å². The molecule has 0 saturated carbocycles. The molecule has 0 aliphatic carbocycles. The number of hydrogen-bond acceptors (Lipinski definition) is 6. The third-order valence-electron chi connectivity index (χ3n) is 3.41. The molecule has 1 aliphatic rings. The molecule has 126 valence electrons. The third-order valence-corrected chi connectivity index (χ3v) is 5.31. The zero-order valence-electron chi connectivity index (χ0n) is 13.5. The van der Waals surface area contributed by atoms with E-state index in [0.717, 1.165) is 22.0 Å². The fourth-order valence-electron chi connectivity index (χ4n) is 2.37. The van der Waals surface area contributed by atoms with Gasteiger partial charge in [0.15, 0.2) is 0 Å². The number of amides is 2. The Morgan fingerprint density at radius 3 is 2.92 bits per heavy atom. The van der Waals surface area contributed by atoms with Crippen LogP contribution in [0, 0.1) is 5.92 Å². The number of rotatable bonds is 5. The van der Waals surface area contributed by atoms with E-state index in [1.54, 1.807) is 0 Å². The fraction of sp³-hybridized carbons (Fsp3) is 0.375. The molecule has 3 rings (SSSR count). The lowest BCUT2D eigenvalue weighted by atomic mass is 10.1. The maximum Gasteiger partial charge on any atom is 0.246 e. The Balaban J connectivity index is 1.66. The summed E-state index contributed by atoms with van der Waals surface area (Å²) in [7, 11) is 0. The van der Waals surface area contributed by atoms with Gasteiger partial charge in [0.05, 0.1) is 11.4 Å². The van der Waals surface area contributed by atoms with Crippen molar-refractivity contribution in [3.05, 3.63) is 29.3 Å². The largest absolute Gasteiger partial charge is 0.301 e. The SMILES string of the molecule is CC(C)Cc1nnc(NC(=O)CN2C(=O)CSc3ccccc32)s1. The minimum absolute atomic E-state index is 0.0184. The summed E-state index contributed by atoms with van der Waals surface area (Å²) in [5.74, 6) is 0.507. The number of fused-ring (bicyclic) bond motifs is 1. The molecule has 6 nitrogen and oxygen atoms in total. The molecule has 0 unspecified atom stereocenters. The summed E-state index contributed by atoms with van der Waals surface area (Å²) in [6.07, 6.45) is 0.836. The van der Waals surface area contributed by atoms with E-state index >= 15 is 0 Å². The second-order valence-electron chi connectivity index (χ2n) is 5.88. The van der Waals surface area contributed by atoms with Crippen molar-refractivity contribution in [1.29, 1.82) is 0 Å². The van der Waals surface area contributed by atoms with E-state index in [1.165, 1.54) is 28.0 Å². The highest BCUT2D eigenvalue weighted by atomic mass is 32.2. The van der Waals surface area contributed by atoms with Crippen molar-refractivity contribution in [2.45, 2.75) is 25.2 Å². The Labute approximate surface area is 148 Å². The molecule has 0 radical (unpaired) electrons. The fourth-order valence-corrected chi connectivity index (χ4v) is 4.27. The summed E-state index contributed by atoms with van der Waals surface area (Å²) < 4.78 is 0. The van der Waals surface area contributed by atoms with Gasteiger partial charge in [0.25, 0.3) is 0 Å². The van der Waals surface area contributed by atoms with Crippen LogP contribution in [0.25, 0.3) is 0 Å². The third kappa shape index (κ3) is 3.93. The van der Waals surface area contributed by atoms with Crippen LogP contribution in [0.4, 0.5) is 10.8 Å². The molecular weight excluding hydrogens is 344 g/mol. The van der Waals surface area contributed by atoms with E-state index in [1.807, 2.05) is 24.3 Å². The second-order valence-corrected chi connectivity index (χ2v) is 7.96. The van der Waals surface area contributed by atoms with E-state index in [-0.39, 0.29) is 18.4 Å². The van der Waals surface area contributed by atoms with E-state index in [4.69, 9.17) is 0 Å². The number of hydrogen-bond donors (Lipinski definition) is 1. The summed E-state index contributed by atoms with van der Waals surface area (Å²) in [4.78, 5) is 27.0. The van der Waals surface area contributed by atoms with Gasteiger partial charge in [-0.25, -0.2) is 0 Å². The molecule has 0 atom stereocenters. The quantitative estimate of drug-likeness (QED) is 0.885. The van der Waals surface area contributed by atoms with E-state index in [0.29, 0.717) is 16.8 Å². The standard InChI is InChI=1S/C16H18N4O2S2/c1-10(2)7-14-18-19-16(24-14)17-13(21)8-20-11-5-3-4-6-12(11)23-9-15(20)22/h3-6,10H,7-9H2,1-2H3,(H,17,19,21). The van der Waals surface area contributed by atoms with Crippen molar-refractivity contribution in [3.8, 4) is 0 Å². The smallest absolute Gasteiger partial charge is 0.246 e. The van der Waals surface area contributed by atoms with Gasteiger partial charge >= 0.3 is 0 Å². The average molecular weight is 362 g/mol. The van der Waals surface area contributed by atoms with Crippen molar-refractivity contribution in [3.63, 3.8) is 0 Å². The van der Waals surface area contributed by atoms with Gasteiger partial charge in [-0.1, -0.05) is 37.3 Å². The van der Waals surface area contributed by atoms with Gasteiger partial charge in [-0.05, 0) is 18.1 Å². The second kappa shape index (κ2) is 7.31. The van der Waals surface area contributed by atoms with Crippen LogP contribution in [-0.2, 0) is 16.0 Å². The Kier molecular flexibility index (Phi) is 5.15. The molecule has 2 heterocycles. The summed E-state index contributed by atoms with van der Waals surface area (Å²) in [6, 6.07) is 7.61. The molecule has 24 heavy (non-hydrogen) atoms. The number of carbonyl (C=O) groups excluding carboxylic acids is 2. The highest BCUT2D eigenvalue weighted by Crippen LogP contribution is 2.34. The summed E-state index contributed by atoms with van der Waals surface area (Å²) in [5.41, 5.74) is 0.784. The minimum atomic E-state index is -0.266. The number of para-hydroxylation sites is 1. The summed E-state index contributed by atoms with van der Waals surface area (Å²) >= 11 is 2.87. The highest BCUT2D eigenvalue weighted by Gasteiger charge is 2.26. The monoisotopic (exact) mass is 362 g/mol. The van der Waals surface area contributed by atoms with Crippen LogP contribution in [-0.4, -0.2) is 34.3 Å². The maximum absolute atomic E-state index is 12.3. The average Bonchev–Trinajstić information content (AvgIpc) is 2.96. The normalized spacial score (nSPS) is 14.0. The van der Waals surface area contributed by atoms with Crippen molar-refractivity contribution in [1.82, 2.24) is 10.2 Å². The first-order valence-electron chi connectivity index (χ1n) is 7.67. The molecule has 2 amide bonds. The molecule has 1 aliphatic heterocycles. The minimum Gasteiger partial charge on any atom is -0.301 e. The number of nitrogens with one attached hydrogen (secondary N) is 1. The predicted octanol–water partition coefficient (Wildman–Crippen LogP) is 2.81. The lowest BCUT2D eigenvalue weighted by Gasteiger charge is -2.28. The van der Waals surface area contributed by atoms with Gasteiger partial charge in [-0.2, -0.15) is 0 Å². The van der Waals surface area contributed by atoms with Crippen molar-refractivity contribution in [2.24, 2.45) is 5.92 Å². The van der Waals surface area contributed by atoms with Gasteiger partial charge in [-0.15, -0.1) is 22.0 Å². The number of thioether (sulfide) groups is 1. The highest BCUT2D eigenvalue weighted by molar-refractivity contribution is 8.00. The first-order valence-corrected chi connectivity index (χ1v) is 9.47. The molecule has 1 aromatic heterocycles. The van der Waals surface area contributed by atoms with Gasteiger partial charge < -0.3 is 4.90 Å². The number of aromatic nitrogens is 2. The molecule has 8 heteroatoms. The Morgan fingerprint density at radius 1 is 1.33 bits per heavy atom. The Bertz CT molecular complexity index is 760. The molecule has 1 aromatic carbocycles. The lowest BCUT2D eigenvalue weighted by molar-refractivity contribution is -0.120. The maximum atomic E-state index is 12.3. The first-order chi connectivity index (χ1) is 11.5. The van der Waals surface area contributed by atoms with Gasteiger partial charge in [0, 0.05) is 11.3 Å². The van der Waals surface area contributed by atoms with Crippen molar-refractivity contribution >= 4 is 45.7 Å². The van der Waals surface area contributed by atoms with Crippen LogP contribution in [0.1, 0.15) is 18.9 Å². The van der Waals surface area contributed by atoms with Crippen LogP contribution in [0.2, 0.25) is 0 Å². The molecule has 1 N–H and O–H groups in total. The zero-order chi connectivity index (χ0) is 17.1. The topological polar surface area (TPSA) is 75.2 Å². The molecular formula is C16H18N4O2S2. The van der Waals surface area contributed by atoms with Crippen LogP contribution < -0.4 is 10.2 Å². The number of carbonyl (C=O) groups is 2. The molecule has 0 bridgehead atoms. The molecule has 0 saturated heterocycles. The molecule has 0 fully saturated rings. The summed E-state index contributed by atoms with van der Waals surface area (Å²) in [6.45, 7) is 4.20. The number of benzene rings is 1. The van der Waals surface area contributed by atoms with E-state index in [2.05, 4.69) is 29.4 Å². The van der Waals surface area contributed by atoms with E-state index in [9.17, 15) is 9.59 Å². The van der Waals surface area contributed by atoms with Gasteiger partial charge in [-0.3, -0.25) is 14.9 Å². The van der Waals surface area contributed by atoms with Crippen LogP contribution >= 0.6 is 23.1 Å². The number of nitrogens with zero attached hydrogens (tertiary/aromatic N) is 3. The summed E-state index contributed by atoms with van der Waals surface area (Å²) in [5, 5.41) is 12.2. The van der Waals surface area contributed by atoms with Crippen molar-refractivity contribution < 1.29 is 9.59 Å². The van der Waals surface area contributed by atoms with Crippen molar-refractivity contribution in [2.75, 3.05) is 22.5 Å². The molecule has 2 aromatic rings. The van der Waals surface area contributed by atoms with E-state index < -0.39 is 0 Å². The molecule has 0 spiro atoms. The lowest BCUT2D eigenvalue weighted by Crippen LogP contribution is -2.41. The Morgan fingerprint density at radius 2 is 2.12 bits per heavy atom. The van der Waals surface area contributed by atoms with Crippen LogP contribution in [0.5, 0.6) is 0 Å². The number of anilines is 2. The Hall–Kier alpha value is -1.93. The predicted molar refractivity (Wildman–Crippen MR) is 96.6 cm³/mol.